The molecule has 1 aliphatic rings. The number of pyridine rings is 1. The molecule has 3 rings (SSSR count). The fourth-order valence-electron chi connectivity index (χ4n) is 2.50. The van der Waals surface area contributed by atoms with Crippen LogP contribution in [0.25, 0.3) is 0 Å². The zero-order valence-electron chi connectivity index (χ0n) is 11.5. The Morgan fingerprint density at radius 3 is 2.68 bits per heavy atom. The highest BCUT2D eigenvalue weighted by Gasteiger charge is 2.40. The van der Waals surface area contributed by atoms with Crippen LogP contribution in [0.3, 0.4) is 0 Å². The lowest BCUT2D eigenvalue weighted by atomic mass is 9.94. The maximum atomic E-state index is 6.02. The molecule has 3 nitrogen and oxygen atoms in total. The molecule has 1 unspecified atom stereocenters. The molecule has 1 atom stereocenters. The minimum absolute atomic E-state index is 0.133. The Balaban J connectivity index is 1.93. The zero-order chi connectivity index (χ0) is 13.5. The van der Waals surface area contributed by atoms with E-state index in [1.54, 1.807) is 0 Å². The lowest BCUT2D eigenvalue weighted by Gasteiger charge is -2.28. The van der Waals surface area contributed by atoms with Crippen LogP contribution in [0, 0.1) is 6.92 Å². The van der Waals surface area contributed by atoms with Crippen molar-refractivity contribution in [3.05, 3.63) is 53.9 Å². The fourth-order valence-corrected chi connectivity index (χ4v) is 2.50. The summed E-state index contributed by atoms with van der Waals surface area (Å²) < 4.78 is 6.02. The molecule has 2 heterocycles. The van der Waals surface area contributed by atoms with Crippen molar-refractivity contribution in [2.75, 3.05) is 5.32 Å². The molecule has 2 aromatic rings. The molecule has 0 amide bonds. The predicted octanol–water partition coefficient (Wildman–Crippen LogP) is 3.71. The van der Waals surface area contributed by atoms with Crippen LogP contribution < -0.4 is 10.1 Å². The fraction of sp³-hybridized carbons (Fsp3) is 0.312. The summed E-state index contributed by atoms with van der Waals surface area (Å²) in [5.74, 6) is 0.963. The van der Waals surface area contributed by atoms with E-state index >= 15 is 0 Å². The van der Waals surface area contributed by atoms with Crippen LogP contribution >= 0.6 is 0 Å². The molecular weight excluding hydrogens is 236 g/mol. The molecule has 0 saturated carbocycles. The number of hydrogen-bond donors (Lipinski definition) is 1. The number of anilines is 1. The summed E-state index contributed by atoms with van der Waals surface area (Å²) in [4.78, 5) is 4.32. The monoisotopic (exact) mass is 254 g/mol. The summed E-state index contributed by atoms with van der Waals surface area (Å²) in [5.41, 5.74) is 2.97. The summed E-state index contributed by atoms with van der Waals surface area (Å²) in [5, 5.41) is 3.53. The second kappa shape index (κ2) is 4.26. The van der Waals surface area contributed by atoms with Gasteiger partial charge in [-0.3, -0.25) is 4.98 Å². The van der Waals surface area contributed by atoms with Crippen molar-refractivity contribution in [1.29, 1.82) is 0 Å². The molecule has 98 valence electrons. The van der Waals surface area contributed by atoms with Crippen molar-refractivity contribution in [2.45, 2.75) is 32.4 Å². The Kier molecular flexibility index (Phi) is 2.70. The van der Waals surface area contributed by atoms with Crippen molar-refractivity contribution in [1.82, 2.24) is 4.98 Å². The Morgan fingerprint density at radius 2 is 1.95 bits per heavy atom. The number of ether oxygens (including phenoxy) is 1. The Bertz CT molecular complexity index is 590. The van der Waals surface area contributed by atoms with Crippen molar-refractivity contribution in [2.24, 2.45) is 0 Å². The molecule has 3 heteroatoms. The molecule has 0 aliphatic carbocycles. The summed E-state index contributed by atoms with van der Waals surface area (Å²) >= 11 is 0. The van der Waals surface area contributed by atoms with Crippen LogP contribution in [0.5, 0.6) is 5.75 Å². The molecule has 1 N–H and O–H groups in total. The van der Waals surface area contributed by atoms with Crippen molar-refractivity contribution < 1.29 is 4.74 Å². The van der Waals surface area contributed by atoms with Crippen LogP contribution in [0.4, 0.5) is 5.69 Å². The third kappa shape index (κ3) is 2.16. The van der Waals surface area contributed by atoms with E-state index in [9.17, 15) is 0 Å². The van der Waals surface area contributed by atoms with Gasteiger partial charge in [-0.2, -0.15) is 0 Å². The predicted molar refractivity (Wildman–Crippen MR) is 76.5 cm³/mol. The maximum absolute atomic E-state index is 6.02. The molecule has 19 heavy (non-hydrogen) atoms. The summed E-state index contributed by atoms with van der Waals surface area (Å²) in [6.07, 6.45) is 1.87. The van der Waals surface area contributed by atoms with Crippen LogP contribution in [0.1, 0.15) is 31.1 Å². The molecule has 1 aromatic heterocycles. The van der Waals surface area contributed by atoms with Crippen LogP contribution in [-0.2, 0) is 0 Å². The van der Waals surface area contributed by atoms with E-state index in [4.69, 9.17) is 4.74 Å². The minimum Gasteiger partial charge on any atom is -0.485 e. The molecule has 0 fully saturated rings. The van der Waals surface area contributed by atoms with Crippen molar-refractivity contribution >= 4 is 5.69 Å². The quantitative estimate of drug-likeness (QED) is 0.887. The van der Waals surface area contributed by atoms with Gasteiger partial charge in [-0.1, -0.05) is 18.2 Å². The number of aryl methyl sites for hydroxylation is 1. The molecule has 0 bridgehead atoms. The topological polar surface area (TPSA) is 34.1 Å². The van der Waals surface area contributed by atoms with Crippen LogP contribution in [-0.4, -0.2) is 10.6 Å². The number of nitrogens with one attached hydrogen (secondary N) is 1. The molecule has 0 saturated heterocycles. The van der Waals surface area contributed by atoms with Gasteiger partial charge in [0, 0.05) is 11.3 Å². The van der Waals surface area contributed by atoms with Crippen LogP contribution in [0.2, 0.25) is 0 Å². The van der Waals surface area contributed by atoms with E-state index in [2.05, 4.69) is 36.3 Å². The smallest absolute Gasteiger partial charge is 0.128 e. The van der Waals surface area contributed by atoms with Gasteiger partial charge in [0.2, 0.25) is 0 Å². The Morgan fingerprint density at radius 1 is 1.16 bits per heavy atom. The molecule has 0 spiro atoms. The maximum Gasteiger partial charge on any atom is 0.128 e. The summed E-state index contributed by atoms with van der Waals surface area (Å²) in [6, 6.07) is 12.4. The number of hydrogen-bond acceptors (Lipinski definition) is 3. The molecule has 0 radical (unpaired) electrons. The Hall–Kier alpha value is -2.03. The highest BCUT2D eigenvalue weighted by Crippen LogP contribution is 2.44. The van der Waals surface area contributed by atoms with Gasteiger partial charge in [0.05, 0.1) is 17.9 Å². The first-order valence-electron chi connectivity index (χ1n) is 6.53. The van der Waals surface area contributed by atoms with Gasteiger partial charge in [0.1, 0.15) is 11.4 Å². The zero-order valence-corrected chi connectivity index (χ0v) is 11.5. The highest BCUT2D eigenvalue weighted by molar-refractivity contribution is 5.50. The number of aromatic nitrogens is 1. The number of nitrogens with zero attached hydrogens (tertiary/aromatic N) is 1. The lowest BCUT2D eigenvalue weighted by molar-refractivity contribution is 0.118. The average molecular weight is 254 g/mol. The van der Waals surface area contributed by atoms with Gasteiger partial charge in [-0.25, -0.2) is 0 Å². The van der Waals surface area contributed by atoms with E-state index in [1.165, 1.54) is 5.56 Å². The molecular formula is C16H18N2O. The third-order valence-electron chi connectivity index (χ3n) is 3.52. The van der Waals surface area contributed by atoms with Gasteiger partial charge in [-0.05, 0) is 39.0 Å². The second-order valence-electron chi connectivity index (χ2n) is 5.51. The van der Waals surface area contributed by atoms with Gasteiger partial charge < -0.3 is 10.1 Å². The minimum atomic E-state index is -0.269. The number of para-hydroxylation sites is 1. The van der Waals surface area contributed by atoms with E-state index in [1.807, 2.05) is 37.4 Å². The first kappa shape index (κ1) is 12.0. The van der Waals surface area contributed by atoms with Crippen molar-refractivity contribution in [3.63, 3.8) is 0 Å². The second-order valence-corrected chi connectivity index (χ2v) is 5.51. The lowest BCUT2D eigenvalue weighted by Crippen LogP contribution is -2.34. The molecule has 1 aliphatic heterocycles. The average Bonchev–Trinajstić information content (AvgIpc) is 2.63. The highest BCUT2D eigenvalue weighted by atomic mass is 16.5. The van der Waals surface area contributed by atoms with Gasteiger partial charge in [-0.15, -0.1) is 0 Å². The summed E-state index contributed by atoms with van der Waals surface area (Å²) in [7, 11) is 0. The Labute approximate surface area is 113 Å². The van der Waals surface area contributed by atoms with E-state index in [-0.39, 0.29) is 11.6 Å². The number of rotatable bonds is 2. The SMILES string of the molecule is Cc1ccc(NC2c3ccccc3OC2(C)C)cn1. The third-order valence-corrected chi connectivity index (χ3v) is 3.52. The first-order chi connectivity index (χ1) is 9.06. The first-order valence-corrected chi connectivity index (χ1v) is 6.53. The van der Waals surface area contributed by atoms with E-state index in [0.29, 0.717) is 0 Å². The van der Waals surface area contributed by atoms with Crippen LogP contribution in [0.15, 0.2) is 42.6 Å². The normalized spacial score (nSPS) is 19.6. The number of benzene rings is 1. The number of fused-ring (bicyclic) bond motifs is 1. The summed E-state index contributed by atoms with van der Waals surface area (Å²) in [6.45, 7) is 6.19. The van der Waals surface area contributed by atoms with E-state index in [0.717, 1.165) is 17.1 Å². The molecule has 1 aromatic carbocycles. The van der Waals surface area contributed by atoms with Gasteiger partial charge in [0.25, 0.3) is 0 Å². The largest absolute Gasteiger partial charge is 0.485 e. The van der Waals surface area contributed by atoms with Gasteiger partial charge >= 0.3 is 0 Å². The standard InChI is InChI=1S/C16H18N2O/c1-11-8-9-12(10-17-11)18-15-13-6-4-5-7-14(13)19-16(15,2)3/h4-10,15,18H,1-3H3. The van der Waals surface area contributed by atoms with Crippen molar-refractivity contribution in [3.8, 4) is 5.75 Å². The van der Waals surface area contributed by atoms with Gasteiger partial charge in [0.15, 0.2) is 0 Å². The van der Waals surface area contributed by atoms with E-state index < -0.39 is 0 Å².